The number of nitrogens with zero attached hydrogens (tertiary/aromatic N) is 1. The number of halogens is 2. The molecule has 31 heavy (non-hydrogen) atoms. The highest BCUT2D eigenvalue weighted by molar-refractivity contribution is 7.89. The first kappa shape index (κ1) is 23.9. The largest absolute Gasteiger partial charge is 0.495 e. The molecule has 1 N–H and O–H groups in total. The summed E-state index contributed by atoms with van der Waals surface area (Å²) in [7, 11) is -2.53. The zero-order valence-electron chi connectivity index (χ0n) is 17.5. The molecule has 0 radical (unpaired) electrons. The highest BCUT2D eigenvalue weighted by Crippen LogP contribution is 2.33. The molecule has 0 bridgehead atoms. The second kappa shape index (κ2) is 10.2. The van der Waals surface area contributed by atoms with Gasteiger partial charge >= 0.3 is 0 Å². The third-order valence-corrected chi connectivity index (χ3v) is 8.05. The van der Waals surface area contributed by atoms with Crippen LogP contribution in [0.15, 0.2) is 41.3 Å². The van der Waals surface area contributed by atoms with Crippen LogP contribution >= 0.6 is 23.2 Å². The van der Waals surface area contributed by atoms with E-state index in [4.69, 9.17) is 27.9 Å². The number of nitrogens with one attached hydrogen (secondary N) is 1. The Kier molecular flexibility index (Phi) is 7.86. The number of amides is 1. The van der Waals surface area contributed by atoms with Crippen molar-refractivity contribution in [2.45, 2.75) is 50.0 Å². The minimum absolute atomic E-state index is 0.0721. The number of aryl methyl sites for hydroxylation is 1. The Morgan fingerprint density at radius 1 is 1.10 bits per heavy atom. The summed E-state index contributed by atoms with van der Waals surface area (Å²) in [4.78, 5) is 12.9. The zero-order chi connectivity index (χ0) is 22.6. The molecule has 0 saturated heterocycles. The summed E-state index contributed by atoms with van der Waals surface area (Å²) >= 11 is 12.0. The van der Waals surface area contributed by atoms with E-state index in [-0.39, 0.29) is 23.2 Å². The topological polar surface area (TPSA) is 75.7 Å². The summed E-state index contributed by atoms with van der Waals surface area (Å²) in [6.07, 6.45) is 4.35. The van der Waals surface area contributed by atoms with Crippen molar-refractivity contribution < 1.29 is 17.9 Å². The van der Waals surface area contributed by atoms with Crippen LogP contribution in [0.1, 0.15) is 37.7 Å². The number of ether oxygens (including phenoxy) is 1. The first-order valence-corrected chi connectivity index (χ1v) is 12.3. The van der Waals surface area contributed by atoms with Crippen LogP contribution in [-0.2, 0) is 14.8 Å². The van der Waals surface area contributed by atoms with Crippen molar-refractivity contribution in [1.29, 1.82) is 0 Å². The lowest BCUT2D eigenvalue weighted by Gasteiger charge is -2.33. The number of hydrogen-bond donors (Lipinski definition) is 1. The number of hydrogen-bond acceptors (Lipinski definition) is 4. The molecule has 3 rings (SSSR count). The standard InChI is InChI=1S/C22H26Cl2N2O4S/c1-15-8-11-20(30-2)21(12-15)31(28,29)26(17-6-4-3-5-7-17)14-22(27)25-16-9-10-18(23)19(24)13-16/h8-13,17H,3-7,14H2,1-2H3,(H,25,27). The van der Waals surface area contributed by atoms with Crippen LogP contribution in [-0.4, -0.2) is 38.3 Å². The summed E-state index contributed by atoms with van der Waals surface area (Å²) < 4.78 is 34.0. The second-order valence-corrected chi connectivity index (χ2v) is 10.3. The molecule has 1 fully saturated rings. The van der Waals surface area contributed by atoms with E-state index < -0.39 is 15.9 Å². The number of methoxy groups -OCH3 is 1. The number of carbonyl (C=O) groups is 1. The van der Waals surface area contributed by atoms with E-state index >= 15 is 0 Å². The van der Waals surface area contributed by atoms with Gasteiger partial charge in [-0.05, 0) is 55.7 Å². The van der Waals surface area contributed by atoms with E-state index in [9.17, 15) is 13.2 Å². The molecule has 1 amide bonds. The lowest BCUT2D eigenvalue weighted by atomic mass is 9.95. The molecule has 2 aromatic rings. The molecule has 9 heteroatoms. The quantitative estimate of drug-likeness (QED) is 0.580. The summed E-state index contributed by atoms with van der Waals surface area (Å²) in [6, 6.07) is 9.49. The Hall–Kier alpha value is -1.80. The van der Waals surface area contributed by atoms with E-state index in [1.807, 2.05) is 6.92 Å². The summed E-state index contributed by atoms with van der Waals surface area (Å²) in [6.45, 7) is 1.52. The molecular weight excluding hydrogens is 459 g/mol. The fourth-order valence-electron chi connectivity index (χ4n) is 3.81. The van der Waals surface area contributed by atoms with Gasteiger partial charge in [0.1, 0.15) is 10.6 Å². The molecular formula is C22H26Cl2N2O4S. The molecule has 0 aromatic heterocycles. The third kappa shape index (κ3) is 5.71. The maximum atomic E-state index is 13.7. The van der Waals surface area contributed by atoms with Crippen molar-refractivity contribution in [3.05, 3.63) is 52.0 Å². The average molecular weight is 485 g/mol. The lowest BCUT2D eigenvalue weighted by Crippen LogP contribution is -2.45. The van der Waals surface area contributed by atoms with Gasteiger partial charge in [-0.2, -0.15) is 4.31 Å². The van der Waals surface area contributed by atoms with E-state index in [2.05, 4.69) is 5.32 Å². The van der Waals surface area contributed by atoms with Crippen molar-refractivity contribution >= 4 is 44.8 Å². The van der Waals surface area contributed by atoms with Gasteiger partial charge in [0.05, 0.1) is 23.7 Å². The summed E-state index contributed by atoms with van der Waals surface area (Å²) in [5, 5.41) is 3.40. The van der Waals surface area contributed by atoms with Gasteiger partial charge in [0.15, 0.2) is 0 Å². The fraction of sp³-hybridized carbons (Fsp3) is 0.409. The molecule has 1 saturated carbocycles. The van der Waals surface area contributed by atoms with Crippen molar-refractivity contribution in [2.24, 2.45) is 0 Å². The van der Waals surface area contributed by atoms with Gasteiger partial charge in [-0.15, -0.1) is 0 Å². The maximum absolute atomic E-state index is 13.7. The minimum atomic E-state index is -3.97. The number of carbonyl (C=O) groups excluding carboxylic acids is 1. The molecule has 168 valence electrons. The molecule has 6 nitrogen and oxygen atoms in total. The Morgan fingerprint density at radius 3 is 2.45 bits per heavy atom. The normalized spacial score (nSPS) is 15.1. The molecule has 0 atom stereocenters. The van der Waals surface area contributed by atoms with Crippen LogP contribution in [0.5, 0.6) is 5.75 Å². The molecule has 0 unspecified atom stereocenters. The Balaban J connectivity index is 1.91. The van der Waals surface area contributed by atoms with E-state index in [0.29, 0.717) is 28.6 Å². The molecule has 2 aromatic carbocycles. The van der Waals surface area contributed by atoms with Gasteiger partial charge in [0.25, 0.3) is 0 Å². The van der Waals surface area contributed by atoms with Gasteiger partial charge in [0, 0.05) is 11.7 Å². The monoisotopic (exact) mass is 484 g/mol. The highest BCUT2D eigenvalue weighted by atomic mass is 35.5. The van der Waals surface area contributed by atoms with Gasteiger partial charge < -0.3 is 10.1 Å². The summed E-state index contributed by atoms with van der Waals surface area (Å²) in [5.74, 6) is -0.185. The SMILES string of the molecule is COc1ccc(C)cc1S(=O)(=O)N(CC(=O)Nc1ccc(Cl)c(Cl)c1)C1CCCCC1. The lowest BCUT2D eigenvalue weighted by molar-refractivity contribution is -0.116. The molecule has 0 spiro atoms. The summed E-state index contributed by atoms with van der Waals surface area (Å²) in [5.41, 5.74) is 1.25. The molecule has 0 heterocycles. The van der Waals surface area contributed by atoms with Crippen LogP contribution in [0.2, 0.25) is 10.0 Å². The van der Waals surface area contributed by atoms with Crippen molar-refractivity contribution in [2.75, 3.05) is 19.0 Å². The third-order valence-electron chi connectivity index (χ3n) is 5.39. The molecule has 1 aliphatic rings. The Bertz CT molecular complexity index is 1050. The number of sulfonamides is 1. The minimum Gasteiger partial charge on any atom is -0.495 e. The predicted molar refractivity (Wildman–Crippen MR) is 124 cm³/mol. The van der Waals surface area contributed by atoms with E-state index in [0.717, 1.165) is 24.8 Å². The first-order valence-electron chi connectivity index (χ1n) is 10.1. The molecule has 1 aliphatic carbocycles. The van der Waals surface area contributed by atoms with Crippen molar-refractivity contribution in [3.63, 3.8) is 0 Å². The van der Waals surface area contributed by atoms with Crippen LogP contribution in [0.4, 0.5) is 5.69 Å². The average Bonchev–Trinajstić information content (AvgIpc) is 2.75. The number of rotatable bonds is 7. The van der Waals surface area contributed by atoms with Crippen molar-refractivity contribution in [1.82, 2.24) is 4.31 Å². The van der Waals surface area contributed by atoms with Crippen LogP contribution in [0, 0.1) is 6.92 Å². The number of benzene rings is 2. The van der Waals surface area contributed by atoms with E-state index in [1.165, 1.54) is 17.5 Å². The number of anilines is 1. The van der Waals surface area contributed by atoms with Crippen LogP contribution < -0.4 is 10.1 Å². The van der Waals surface area contributed by atoms with Crippen molar-refractivity contribution in [3.8, 4) is 5.75 Å². The van der Waals surface area contributed by atoms with Gasteiger partial charge in [-0.1, -0.05) is 48.5 Å². The maximum Gasteiger partial charge on any atom is 0.247 e. The zero-order valence-corrected chi connectivity index (χ0v) is 19.9. The van der Waals surface area contributed by atoms with Crippen LogP contribution in [0.3, 0.4) is 0 Å². The van der Waals surface area contributed by atoms with Gasteiger partial charge in [0.2, 0.25) is 15.9 Å². The van der Waals surface area contributed by atoms with Crippen LogP contribution in [0.25, 0.3) is 0 Å². The van der Waals surface area contributed by atoms with Gasteiger partial charge in [-0.25, -0.2) is 8.42 Å². The highest BCUT2D eigenvalue weighted by Gasteiger charge is 2.35. The fourth-order valence-corrected chi connectivity index (χ4v) is 5.99. The first-order chi connectivity index (χ1) is 14.7. The Labute approximate surface area is 193 Å². The van der Waals surface area contributed by atoms with Gasteiger partial charge in [-0.3, -0.25) is 4.79 Å². The van der Waals surface area contributed by atoms with E-state index in [1.54, 1.807) is 30.3 Å². The predicted octanol–water partition coefficient (Wildman–Crippen LogP) is 5.27. The smallest absolute Gasteiger partial charge is 0.247 e. The Morgan fingerprint density at radius 2 is 1.81 bits per heavy atom. The molecule has 0 aliphatic heterocycles. The second-order valence-electron chi connectivity index (χ2n) is 7.67.